The van der Waals surface area contributed by atoms with Gasteiger partial charge in [0, 0.05) is 12.2 Å². The Morgan fingerprint density at radius 3 is 2.38 bits per heavy atom. The van der Waals surface area contributed by atoms with Crippen LogP contribution < -0.4 is 4.90 Å². The number of nitrogens with zero attached hydrogens (tertiary/aromatic N) is 1. The van der Waals surface area contributed by atoms with Crippen molar-refractivity contribution in [1.82, 2.24) is 0 Å². The molecule has 0 unspecified atom stereocenters. The maximum atomic E-state index is 11.2. The van der Waals surface area contributed by atoms with Crippen LogP contribution in [-0.4, -0.2) is 11.8 Å². The van der Waals surface area contributed by atoms with Crippen LogP contribution in [0.15, 0.2) is 36.4 Å². The Bertz CT molecular complexity index is 363. The Morgan fingerprint density at radius 2 is 1.85 bits per heavy atom. The number of carbonyl (C=O) groups is 2. The summed E-state index contributed by atoms with van der Waals surface area (Å²) in [5.74, 6) is -0.603. The normalized spacial score (nSPS) is 15.5. The predicted octanol–water partition coefficient (Wildman–Crippen LogP) is 0.916. The molecule has 0 fully saturated rings. The van der Waals surface area contributed by atoms with Gasteiger partial charge in [0.1, 0.15) is 0 Å². The molecule has 1 aromatic carbocycles. The van der Waals surface area contributed by atoms with Gasteiger partial charge in [-0.1, -0.05) is 12.1 Å². The number of hydrogen-bond acceptors (Lipinski definition) is 2. The fourth-order valence-electron chi connectivity index (χ4n) is 1.18. The van der Waals surface area contributed by atoms with Gasteiger partial charge in [0.05, 0.1) is 5.69 Å². The molecule has 0 saturated carbocycles. The largest absolute Gasteiger partial charge is 0.269 e. The van der Waals surface area contributed by atoms with Crippen LogP contribution >= 0.6 is 0 Å². The summed E-state index contributed by atoms with van der Waals surface area (Å²) in [6.07, 6.45) is 2.52. The summed E-state index contributed by atoms with van der Waals surface area (Å²) < 4.78 is 0. The van der Waals surface area contributed by atoms with Crippen molar-refractivity contribution in [1.29, 1.82) is 0 Å². The van der Waals surface area contributed by atoms with E-state index in [0.717, 1.165) is 4.90 Å². The van der Waals surface area contributed by atoms with Gasteiger partial charge in [-0.3, -0.25) is 9.59 Å². The lowest BCUT2D eigenvalue weighted by molar-refractivity contribution is -0.119. The minimum absolute atomic E-state index is 0.301. The summed E-state index contributed by atoms with van der Waals surface area (Å²) in [4.78, 5) is 23.5. The number of imide groups is 1. The van der Waals surface area contributed by atoms with Gasteiger partial charge in [0.2, 0.25) is 0 Å². The number of benzene rings is 1. The topological polar surface area (TPSA) is 37.4 Å². The standard InChI is InChI=1S/C10H6NO2/c12-9-6-7-10(13)11(9)8-4-2-1-3-5-8/h1-2,4-7H. The Hall–Kier alpha value is -1.90. The molecule has 0 atom stereocenters. The van der Waals surface area contributed by atoms with Crippen LogP contribution in [0.5, 0.6) is 0 Å². The van der Waals surface area contributed by atoms with E-state index in [-0.39, 0.29) is 11.8 Å². The second-order valence-corrected chi connectivity index (χ2v) is 2.61. The predicted molar refractivity (Wildman–Crippen MR) is 46.9 cm³/mol. The van der Waals surface area contributed by atoms with Crippen molar-refractivity contribution in [3.8, 4) is 0 Å². The molecule has 0 N–H and O–H groups in total. The summed E-state index contributed by atoms with van der Waals surface area (Å²) in [7, 11) is 0. The first kappa shape index (κ1) is 7.73. The Balaban J connectivity index is 2.38. The first-order valence-corrected chi connectivity index (χ1v) is 3.81. The maximum absolute atomic E-state index is 11.2. The molecular formula is C10H6NO2. The Kier molecular flexibility index (Phi) is 1.70. The lowest BCUT2D eigenvalue weighted by atomic mass is 10.3. The van der Waals surface area contributed by atoms with E-state index in [1.807, 2.05) is 0 Å². The van der Waals surface area contributed by atoms with Gasteiger partial charge < -0.3 is 0 Å². The highest BCUT2D eigenvalue weighted by atomic mass is 16.2. The third-order valence-corrected chi connectivity index (χ3v) is 1.76. The van der Waals surface area contributed by atoms with E-state index in [1.165, 1.54) is 12.2 Å². The summed E-state index contributed by atoms with van der Waals surface area (Å²) in [6, 6.07) is 9.54. The fourth-order valence-corrected chi connectivity index (χ4v) is 1.18. The van der Waals surface area contributed by atoms with Crippen molar-refractivity contribution >= 4 is 17.5 Å². The summed E-state index contributed by atoms with van der Waals surface area (Å²) in [6.45, 7) is 0. The molecule has 13 heavy (non-hydrogen) atoms. The minimum Gasteiger partial charge on any atom is -0.269 e. The van der Waals surface area contributed by atoms with Crippen LogP contribution in [0.1, 0.15) is 0 Å². The molecular weight excluding hydrogens is 166 g/mol. The van der Waals surface area contributed by atoms with Gasteiger partial charge in [-0.15, -0.1) is 0 Å². The van der Waals surface area contributed by atoms with Crippen molar-refractivity contribution in [2.75, 3.05) is 4.90 Å². The van der Waals surface area contributed by atoms with E-state index in [9.17, 15) is 9.59 Å². The summed E-state index contributed by atoms with van der Waals surface area (Å²) in [5, 5.41) is 0. The van der Waals surface area contributed by atoms with E-state index in [0.29, 0.717) is 5.69 Å². The van der Waals surface area contributed by atoms with Crippen molar-refractivity contribution in [3.63, 3.8) is 0 Å². The first-order chi connectivity index (χ1) is 6.29. The van der Waals surface area contributed by atoms with Crippen molar-refractivity contribution in [2.45, 2.75) is 0 Å². The zero-order valence-corrected chi connectivity index (χ0v) is 6.73. The maximum Gasteiger partial charge on any atom is 0.258 e. The number of rotatable bonds is 1. The van der Waals surface area contributed by atoms with Gasteiger partial charge in [0.15, 0.2) is 0 Å². The molecule has 0 aromatic heterocycles. The van der Waals surface area contributed by atoms with Gasteiger partial charge >= 0.3 is 0 Å². The van der Waals surface area contributed by atoms with Crippen molar-refractivity contribution in [2.24, 2.45) is 0 Å². The molecule has 2 amide bonds. The summed E-state index contributed by atoms with van der Waals surface area (Å²) in [5.41, 5.74) is 0.558. The lowest BCUT2D eigenvalue weighted by Gasteiger charge is -2.12. The molecule has 0 bridgehead atoms. The molecule has 1 aliphatic heterocycles. The van der Waals surface area contributed by atoms with Gasteiger partial charge in [-0.2, -0.15) is 0 Å². The molecule has 3 nitrogen and oxygen atoms in total. The quantitative estimate of drug-likeness (QED) is 0.590. The molecule has 0 saturated heterocycles. The second-order valence-electron chi connectivity index (χ2n) is 2.61. The minimum atomic E-state index is -0.301. The van der Waals surface area contributed by atoms with Crippen LogP contribution in [-0.2, 0) is 9.59 Å². The van der Waals surface area contributed by atoms with E-state index in [2.05, 4.69) is 6.07 Å². The fraction of sp³-hybridized carbons (Fsp3) is 0. The number of hydrogen-bond donors (Lipinski definition) is 0. The van der Waals surface area contributed by atoms with Gasteiger partial charge in [-0.25, -0.2) is 4.90 Å². The van der Waals surface area contributed by atoms with Crippen LogP contribution in [0.2, 0.25) is 0 Å². The van der Waals surface area contributed by atoms with Crippen LogP contribution in [0, 0.1) is 6.07 Å². The SMILES string of the molecule is O=C1C=CC(=O)N1c1c[c]ccc1. The van der Waals surface area contributed by atoms with E-state index in [1.54, 1.807) is 24.3 Å². The Morgan fingerprint density at radius 1 is 1.15 bits per heavy atom. The number of amides is 2. The molecule has 1 aliphatic rings. The zero-order chi connectivity index (χ0) is 9.26. The molecule has 63 valence electrons. The lowest BCUT2D eigenvalue weighted by Crippen LogP contribution is -2.29. The molecule has 0 spiro atoms. The Labute approximate surface area is 75.3 Å². The van der Waals surface area contributed by atoms with Crippen molar-refractivity contribution in [3.05, 3.63) is 42.5 Å². The van der Waals surface area contributed by atoms with E-state index >= 15 is 0 Å². The second kappa shape index (κ2) is 2.86. The van der Waals surface area contributed by atoms with Crippen LogP contribution in [0.3, 0.4) is 0 Å². The smallest absolute Gasteiger partial charge is 0.258 e. The molecule has 3 heteroatoms. The molecule has 2 rings (SSSR count). The number of carbonyl (C=O) groups excluding carboxylic acids is 2. The van der Waals surface area contributed by atoms with Gasteiger partial charge in [0.25, 0.3) is 11.8 Å². The van der Waals surface area contributed by atoms with E-state index < -0.39 is 0 Å². The molecule has 1 aromatic rings. The van der Waals surface area contributed by atoms with Crippen molar-refractivity contribution < 1.29 is 9.59 Å². The highest BCUT2D eigenvalue weighted by Gasteiger charge is 2.24. The highest BCUT2D eigenvalue weighted by molar-refractivity contribution is 6.28. The highest BCUT2D eigenvalue weighted by Crippen LogP contribution is 2.17. The first-order valence-electron chi connectivity index (χ1n) is 3.81. The summed E-state index contributed by atoms with van der Waals surface area (Å²) >= 11 is 0. The van der Waals surface area contributed by atoms with Crippen LogP contribution in [0.25, 0.3) is 0 Å². The molecule has 0 aliphatic carbocycles. The van der Waals surface area contributed by atoms with Gasteiger partial charge in [-0.05, 0) is 18.2 Å². The van der Waals surface area contributed by atoms with E-state index in [4.69, 9.17) is 0 Å². The van der Waals surface area contributed by atoms with Crippen LogP contribution in [0.4, 0.5) is 5.69 Å². The third kappa shape index (κ3) is 1.24. The zero-order valence-electron chi connectivity index (χ0n) is 6.73. The molecule has 1 radical (unpaired) electrons. The average Bonchev–Trinajstić information content (AvgIpc) is 2.48. The third-order valence-electron chi connectivity index (χ3n) is 1.76. The molecule has 1 heterocycles. The average molecular weight is 172 g/mol. The number of anilines is 1. The monoisotopic (exact) mass is 172 g/mol.